The maximum atomic E-state index is 11.6. The summed E-state index contributed by atoms with van der Waals surface area (Å²) in [7, 11) is -4.60. The van der Waals surface area contributed by atoms with Crippen LogP contribution in [-0.2, 0) is 24.4 Å². The normalized spacial score (nSPS) is 13.9. The number of esters is 1. The molecule has 2 atom stereocenters. The van der Waals surface area contributed by atoms with Gasteiger partial charge in [0.1, 0.15) is 6.29 Å². The standard InChI is InChI=1S/C12H22O6S.Na.H/c1-3-5-6-10(4-2)9-18-12(14)11(7-8-13)19(15,16)17;;/h8,10-11H,3-7,9H2,1-2H3,(H,15,16,17);;/q;+1;-1. The van der Waals surface area contributed by atoms with Crippen LogP contribution in [0.2, 0.25) is 0 Å². The van der Waals surface area contributed by atoms with Crippen molar-refractivity contribution in [1.29, 1.82) is 0 Å². The van der Waals surface area contributed by atoms with Gasteiger partial charge in [-0.05, 0) is 12.3 Å². The number of ether oxygens (including phenoxy) is 1. The predicted octanol–water partition coefficient (Wildman–Crippen LogP) is -1.29. The zero-order chi connectivity index (χ0) is 14.9. The topological polar surface area (TPSA) is 97.7 Å². The smallest absolute Gasteiger partial charge is 1.00 e. The van der Waals surface area contributed by atoms with E-state index in [4.69, 9.17) is 9.29 Å². The van der Waals surface area contributed by atoms with Crippen molar-refractivity contribution in [3.8, 4) is 0 Å². The van der Waals surface area contributed by atoms with Crippen LogP contribution in [0.25, 0.3) is 0 Å². The van der Waals surface area contributed by atoms with Gasteiger partial charge in [-0.3, -0.25) is 9.35 Å². The van der Waals surface area contributed by atoms with E-state index >= 15 is 0 Å². The molecule has 0 aliphatic carbocycles. The molecule has 1 N–H and O–H groups in total. The van der Waals surface area contributed by atoms with Gasteiger partial charge in [0.25, 0.3) is 10.1 Å². The van der Waals surface area contributed by atoms with Gasteiger partial charge < -0.3 is 11.0 Å². The molecule has 20 heavy (non-hydrogen) atoms. The van der Waals surface area contributed by atoms with Gasteiger partial charge >= 0.3 is 35.5 Å². The Kier molecular flexibility index (Phi) is 13.0. The molecule has 0 saturated carbocycles. The van der Waals surface area contributed by atoms with Gasteiger partial charge in [0.15, 0.2) is 5.25 Å². The summed E-state index contributed by atoms with van der Waals surface area (Å²) in [5.41, 5.74) is 0. The van der Waals surface area contributed by atoms with E-state index < -0.39 is 27.8 Å². The summed E-state index contributed by atoms with van der Waals surface area (Å²) in [5.74, 6) is -0.897. The van der Waals surface area contributed by atoms with E-state index in [1.807, 2.05) is 6.92 Å². The Morgan fingerprint density at radius 3 is 2.40 bits per heavy atom. The molecule has 0 radical (unpaired) electrons. The molecule has 2 unspecified atom stereocenters. The minimum absolute atomic E-state index is 0. The number of carbonyl (C=O) groups is 2. The van der Waals surface area contributed by atoms with Crippen LogP contribution in [0, 0.1) is 5.92 Å². The van der Waals surface area contributed by atoms with Crippen LogP contribution >= 0.6 is 0 Å². The van der Waals surface area contributed by atoms with Crippen LogP contribution < -0.4 is 29.6 Å². The Bertz CT molecular complexity index is 387. The number of hydrogen-bond acceptors (Lipinski definition) is 5. The molecule has 0 rings (SSSR count). The summed E-state index contributed by atoms with van der Waals surface area (Å²) in [6, 6.07) is 0. The molecule has 0 aromatic heterocycles. The summed E-state index contributed by atoms with van der Waals surface area (Å²) >= 11 is 0. The Morgan fingerprint density at radius 2 is 2.00 bits per heavy atom. The van der Waals surface area contributed by atoms with E-state index in [1.165, 1.54) is 0 Å². The van der Waals surface area contributed by atoms with Crippen LogP contribution in [0.3, 0.4) is 0 Å². The predicted molar refractivity (Wildman–Crippen MR) is 71.4 cm³/mol. The molecule has 0 aromatic rings. The third kappa shape index (κ3) is 9.07. The average Bonchev–Trinajstić information content (AvgIpc) is 2.34. The first-order chi connectivity index (χ1) is 8.86. The van der Waals surface area contributed by atoms with E-state index in [1.54, 1.807) is 0 Å². The molecule has 0 spiro atoms. The number of rotatable bonds is 10. The van der Waals surface area contributed by atoms with Crippen molar-refractivity contribution in [3.05, 3.63) is 0 Å². The second-order valence-electron chi connectivity index (χ2n) is 4.45. The van der Waals surface area contributed by atoms with Gasteiger partial charge in [0, 0.05) is 6.42 Å². The number of aldehydes is 1. The fraction of sp³-hybridized carbons (Fsp3) is 0.833. The maximum absolute atomic E-state index is 11.6. The Hall–Kier alpha value is 0.0500. The Balaban J connectivity index is -0.00000162. The van der Waals surface area contributed by atoms with E-state index in [2.05, 4.69) is 6.92 Å². The van der Waals surface area contributed by atoms with Crippen molar-refractivity contribution in [2.75, 3.05) is 6.61 Å². The first kappa shape index (κ1) is 22.3. The summed E-state index contributed by atoms with van der Waals surface area (Å²) in [4.78, 5) is 21.9. The SMILES string of the molecule is CCCCC(CC)COC(=O)C(CC=O)S(=O)(=O)O.[H-].[Na+]. The van der Waals surface area contributed by atoms with E-state index in [0.717, 1.165) is 25.7 Å². The summed E-state index contributed by atoms with van der Waals surface area (Å²) in [6.07, 6.45) is 3.43. The van der Waals surface area contributed by atoms with Gasteiger partial charge in [-0.2, -0.15) is 8.42 Å². The van der Waals surface area contributed by atoms with Crippen LogP contribution in [0.1, 0.15) is 47.4 Å². The zero-order valence-corrected chi connectivity index (χ0v) is 15.2. The Morgan fingerprint density at radius 1 is 1.40 bits per heavy atom. The first-order valence-corrected chi connectivity index (χ1v) is 7.93. The largest absolute Gasteiger partial charge is 1.00 e. The molecule has 6 nitrogen and oxygen atoms in total. The molecule has 0 aromatic carbocycles. The summed E-state index contributed by atoms with van der Waals surface area (Å²) in [5, 5.41) is -1.81. The molecular weight excluding hydrogens is 295 g/mol. The molecule has 0 amide bonds. The molecule has 114 valence electrons. The van der Waals surface area contributed by atoms with Gasteiger partial charge in [-0.25, -0.2) is 0 Å². The number of hydrogen-bond donors (Lipinski definition) is 1. The quantitative estimate of drug-likeness (QED) is 0.233. The van der Waals surface area contributed by atoms with E-state index in [-0.39, 0.29) is 49.8 Å². The average molecular weight is 318 g/mol. The van der Waals surface area contributed by atoms with Crippen molar-refractivity contribution in [2.45, 2.75) is 51.2 Å². The molecule has 0 aliphatic rings. The minimum Gasteiger partial charge on any atom is -1.00 e. The zero-order valence-electron chi connectivity index (χ0n) is 13.4. The third-order valence-electron chi connectivity index (χ3n) is 2.94. The molecule has 0 heterocycles. The maximum Gasteiger partial charge on any atom is 1.00 e. The molecule has 8 heteroatoms. The molecular formula is C12H23NaO6S. The Labute approximate surface area is 144 Å². The molecule has 0 fully saturated rings. The van der Waals surface area contributed by atoms with Gasteiger partial charge in [0.2, 0.25) is 0 Å². The molecule has 0 aliphatic heterocycles. The van der Waals surface area contributed by atoms with Gasteiger partial charge in [0.05, 0.1) is 6.61 Å². The summed E-state index contributed by atoms with van der Waals surface area (Å²) in [6.45, 7) is 4.12. The summed E-state index contributed by atoms with van der Waals surface area (Å²) < 4.78 is 35.6. The van der Waals surface area contributed by atoms with Gasteiger partial charge in [-0.15, -0.1) is 0 Å². The van der Waals surface area contributed by atoms with E-state index in [0.29, 0.717) is 0 Å². The monoisotopic (exact) mass is 318 g/mol. The van der Waals surface area contributed by atoms with Crippen molar-refractivity contribution < 1.29 is 58.3 Å². The van der Waals surface area contributed by atoms with Crippen molar-refractivity contribution in [1.82, 2.24) is 0 Å². The van der Waals surface area contributed by atoms with Crippen LogP contribution in [0.4, 0.5) is 0 Å². The van der Waals surface area contributed by atoms with Crippen LogP contribution in [0.15, 0.2) is 0 Å². The van der Waals surface area contributed by atoms with Crippen LogP contribution in [0.5, 0.6) is 0 Å². The number of unbranched alkanes of at least 4 members (excludes halogenated alkanes) is 1. The second-order valence-corrected chi connectivity index (χ2v) is 6.05. The fourth-order valence-electron chi connectivity index (χ4n) is 1.62. The molecule has 0 bridgehead atoms. The van der Waals surface area contributed by atoms with Gasteiger partial charge in [-0.1, -0.05) is 33.1 Å². The van der Waals surface area contributed by atoms with Crippen molar-refractivity contribution in [2.24, 2.45) is 5.92 Å². The second kappa shape index (κ2) is 11.7. The first-order valence-electron chi connectivity index (χ1n) is 6.43. The fourth-order valence-corrected chi connectivity index (χ4v) is 2.25. The van der Waals surface area contributed by atoms with Crippen LogP contribution in [-0.4, -0.2) is 37.1 Å². The number of carbonyl (C=O) groups excluding carboxylic acids is 2. The third-order valence-corrected chi connectivity index (χ3v) is 4.04. The van der Waals surface area contributed by atoms with E-state index in [9.17, 15) is 18.0 Å². The minimum atomic E-state index is -4.60. The molecule has 0 saturated heterocycles. The van der Waals surface area contributed by atoms with Crippen molar-refractivity contribution >= 4 is 22.4 Å². The van der Waals surface area contributed by atoms with Crippen molar-refractivity contribution in [3.63, 3.8) is 0 Å².